The highest BCUT2D eigenvalue weighted by Gasteiger charge is 2.35. The third-order valence-corrected chi connectivity index (χ3v) is 4.99. The average molecular weight is 446 g/mol. The SMILES string of the molecule is O=S(=O)(O)O.SCCNCCC(c1ccccc1)(c1ccccc1)c1ccccc1. The van der Waals surface area contributed by atoms with E-state index in [0.29, 0.717) is 0 Å². The minimum Gasteiger partial charge on any atom is -0.316 e. The van der Waals surface area contributed by atoms with Gasteiger partial charge in [-0.05, 0) is 29.7 Å². The largest absolute Gasteiger partial charge is 0.394 e. The zero-order valence-electron chi connectivity index (χ0n) is 16.6. The molecule has 0 unspecified atom stereocenters. The maximum atomic E-state index is 8.74. The van der Waals surface area contributed by atoms with Crippen LogP contribution in [-0.2, 0) is 15.8 Å². The van der Waals surface area contributed by atoms with Crippen molar-refractivity contribution in [2.45, 2.75) is 11.8 Å². The van der Waals surface area contributed by atoms with Gasteiger partial charge >= 0.3 is 10.4 Å². The Kier molecular flexibility index (Phi) is 9.55. The van der Waals surface area contributed by atoms with E-state index in [1.165, 1.54) is 16.7 Å². The fraction of sp³-hybridized carbons (Fsp3) is 0.217. The van der Waals surface area contributed by atoms with Gasteiger partial charge in [-0.2, -0.15) is 21.0 Å². The molecule has 0 aliphatic rings. The first-order valence-electron chi connectivity index (χ1n) is 9.56. The molecule has 3 rings (SSSR count). The van der Waals surface area contributed by atoms with Crippen LogP contribution in [0.5, 0.6) is 0 Å². The Labute approximate surface area is 184 Å². The molecule has 30 heavy (non-hydrogen) atoms. The van der Waals surface area contributed by atoms with E-state index in [1.807, 2.05) is 0 Å². The minimum absolute atomic E-state index is 0.159. The highest BCUT2D eigenvalue weighted by atomic mass is 32.3. The molecule has 0 radical (unpaired) electrons. The van der Waals surface area contributed by atoms with Gasteiger partial charge in [0.2, 0.25) is 0 Å². The predicted octanol–water partition coefficient (Wildman–Crippen LogP) is 4.28. The third kappa shape index (κ3) is 7.27. The summed E-state index contributed by atoms with van der Waals surface area (Å²) in [6, 6.07) is 32.6. The summed E-state index contributed by atoms with van der Waals surface area (Å²) < 4.78 is 31.6. The monoisotopic (exact) mass is 445 g/mol. The van der Waals surface area contributed by atoms with Crippen LogP contribution in [-0.4, -0.2) is 36.4 Å². The lowest BCUT2D eigenvalue weighted by atomic mass is 9.67. The second-order valence-corrected chi connectivity index (χ2v) is 8.02. The van der Waals surface area contributed by atoms with Crippen LogP contribution in [0.25, 0.3) is 0 Å². The van der Waals surface area contributed by atoms with Gasteiger partial charge in [0.15, 0.2) is 0 Å². The van der Waals surface area contributed by atoms with Crippen LogP contribution in [0.3, 0.4) is 0 Å². The van der Waals surface area contributed by atoms with Gasteiger partial charge < -0.3 is 5.32 Å². The number of hydrogen-bond donors (Lipinski definition) is 4. The number of thiol groups is 1. The van der Waals surface area contributed by atoms with E-state index in [2.05, 4.69) is 109 Å². The molecule has 7 heteroatoms. The summed E-state index contributed by atoms with van der Waals surface area (Å²) in [5, 5.41) is 3.52. The molecule has 0 spiro atoms. The molecule has 160 valence electrons. The molecule has 0 saturated carbocycles. The molecule has 0 bridgehead atoms. The zero-order chi connectivity index (χ0) is 21.9. The fourth-order valence-corrected chi connectivity index (χ4v) is 3.74. The Morgan fingerprint density at radius 2 is 1.03 bits per heavy atom. The smallest absolute Gasteiger partial charge is 0.316 e. The molecule has 0 aromatic heterocycles. The molecular formula is C23H27NO4S2. The highest BCUT2D eigenvalue weighted by molar-refractivity contribution is 7.80. The molecular weight excluding hydrogens is 418 g/mol. The third-order valence-electron chi connectivity index (χ3n) is 4.77. The van der Waals surface area contributed by atoms with Gasteiger partial charge in [0.05, 0.1) is 0 Å². The summed E-state index contributed by atoms with van der Waals surface area (Å²) in [5.74, 6) is 0.856. The van der Waals surface area contributed by atoms with E-state index < -0.39 is 10.4 Å². The van der Waals surface area contributed by atoms with E-state index >= 15 is 0 Å². The summed E-state index contributed by atoms with van der Waals surface area (Å²) in [7, 11) is -4.67. The number of hydrogen-bond acceptors (Lipinski definition) is 4. The molecule has 0 atom stereocenters. The van der Waals surface area contributed by atoms with Gasteiger partial charge in [0.25, 0.3) is 0 Å². The summed E-state index contributed by atoms with van der Waals surface area (Å²) in [6.07, 6.45) is 0.999. The Hall–Kier alpha value is -2.16. The fourth-order valence-electron chi connectivity index (χ4n) is 3.58. The molecule has 3 aromatic carbocycles. The summed E-state index contributed by atoms with van der Waals surface area (Å²) in [4.78, 5) is 0. The average Bonchev–Trinajstić information content (AvgIpc) is 2.75. The van der Waals surface area contributed by atoms with Crippen molar-refractivity contribution in [2.24, 2.45) is 0 Å². The van der Waals surface area contributed by atoms with Gasteiger partial charge in [0.1, 0.15) is 0 Å². The predicted molar refractivity (Wildman–Crippen MR) is 125 cm³/mol. The Morgan fingerprint density at radius 3 is 1.33 bits per heavy atom. The summed E-state index contributed by atoms with van der Waals surface area (Å²) in [5.41, 5.74) is 3.84. The van der Waals surface area contributed by atoms with Crippen LogP contribution >= 0.6 is 12.6 Å². The van der Waals surface area contributed by atoms with Crippen LogP contribution in [0.4, 0.5) is 0 Å². The van der Waals surface area contributed by atoms with E-state index in [9.17, 15) is 0 Å². The van der Waals surface area contributed by atoms with Crippen LogP contribution in [0.2, 0.25) is 0 Å². The second kappa shape index (κ2) is 11.9. The van der Waals surface area contributed by atoms with E-state index in [0.717, 1.165) is 25.3 Å². The van der Waals surface area contributed by atoms with Crippen LogP contribution in [0.15, 0.2) is 91.0 Å². The van der Waals surface area contributed by atoms with Crippen LogP contribution < -0.4 is 5.32 Å². The van der Waals surface area contributed by atoms with Crippen molar-refractivity contribution in [3.63, 3.8) is 0 Å². The summed E-state index contributed by atoms with van der Waals surface area (Å²) in [6.45, 7) is 1.87. The topological polar surface area (TPSA) is 86.6 Å². The van der Waals surface area contributed by atoms with E-state index in [4.69, 9.17) is 17.5 Å². The molecule has 0 saturated heterocycles. The van der Waals surface area contributed by atoms with E-state index in [-0.39, 0.29) is 5.41 Å². The Balaban J connectivity index is 0.000000575. The van der Waals surface area contributed by atoms with Crippen LogP contribution in [0.1, 0.15) is 23.1 Å². The molecule has 3 aromatic rings. The first kappa shape index (κ1) is 24.1. The van der Waals surface area contributed by atoms with Crippen molar-refractivity contribution in [3.05, 3.63) is 108 Å². The summed E-state index contributed by atoms with van der Waals surface area (Å²) >= 11 is 4.31. The maximum absolute atomic E-state index is 8.74. The number of benzene rings is 3. The van der Waals surface area contributed by atoms with Crippen molar-refractivity contribution in [1.82, 2.24) is 5.32 Å². The quantitative estimate of drug-likeness (QED) is 0.180. The first-order valence-corrected chi connectivity index (χ1v) is 11.6. The first-order chi connectivity index (χ1) is 14.4. The molecule has 0 aliphatic heterocycles. The van der Waals surface area contributed by atoms with Crippen molar-refractivity contribution in [2.75, 3.05) is 18.8 Å². The maximum Gasteiger partial charge on any atom is 0.394 e. The Bertz CT molecular complexity index is 861. The number of rotatable bonds is 8. The van der Waals surface area contributed by atoms with Crippen molar-refractivity contribution in [1.29, 1.82) is 0 Å². The molecule has 0 amide bonds. The molecule has 3 N–H and O–H groups in total. The normalized spacial score (nSPS) is 11.4. The highest BCUT2D eigenvalue weighted by Crippen LogP contribution is 2.41. The van der Waals surface area contributed by atoms with Crippen molar-refractivity contribution in [3.8, 4) is 0 Å². The van der Waals surface area contributed by atoms with Crippen molar-refractivity contribution >= 4 is 23.0 Å². The standard InChI is InChI=1S/C23H25NS.H2O4S/c25-19-18-24-17-16-23(20-10-4-1-5-11-20,21-12-6-2-7-13-21)22-14-8-3-9-15-22;1-5(2,3)4/h1-15,24-25H,16-19H2;(H2,1,2,3,4). The van der Waals surface area contributed by atoms with Crippen LogP contribution in [0, 0.1) is 0 Å². The molecule has 0 heterocycles. The molecule has 0 fully saturated rings. The lowest BCUT2D eigenvalue weighted by molar-refractivity contribution is 0.381. The van der Waals surface area contributed by atoms with Gasteiger partial charge in [-0.3, -0.25) is 9.11 Å². The Morgan fingerprint density at radius 1 is 0.700 bits per heavy atom. The zero-order valence-corrected chi connectivity index (χ0v) is 18.3. The second-order valence-electron chi connectivity index (χ2n) is 6.67. The lowest BCUT2D eigenvalue weighted by Gasteiger charge is -2.36. The molecule has 5 nitrogen and oxygen atoms in total. The van der Waals surface area contributed by atoms with Gasteiger partial charge in [0, 0.05) is 17.7 Å². The van der Waals surface area contributed by atoms with Crippen molar-refractivity contribution < 1.29 is 17.5 Å². The van der Waals surface area contributed by atoms with E-state index in [1.54, 1.807) is 0 Å². The number of nitrogens with one attached hydrogen (secondary N) is 1. The minimum atomic E-state index is -4.67. The van der Waals surface area contributed by atoms with Gasteiger partial charge in [-0.15, -0.1) is 0 Å². The van der Waals surface area contributed by atoms with Gasteiger partial charge in [-0.1, -0.05) is 91.0 Å². The lowest BCUT2D eigenvalue weighted by Crippen LogP contribution is -2.34. The molecule has 0 aliphatic carbocycles. The van der Waals surface area contributed by atoms with Gasteiger partial charge in [-0.25, -0.2) is 0 Å².